The molecule has 0 aliphatic rings. The minimum Gasteiger partial charge on any atom is -0.364 e. The second-order valence-corrected chi connectivity index (χ2v) is 5.61. The number of thioether (sulfide) groups is 1. The number of hydrogen-bond acceptors (Lipinski definition) is 4. The monoisotopic (exact) mass is 256 g/mol. The smallest absolute Gasteiger partial charge is 0.282 e. The fourth-order valence-electron chi connectivity index (χ4n) is 1.42. The molecule has 17 heavy (non-hydrogen) atoms. The van der Waals surface area contributed by atoms with Gasteiger partial charge in [-0.2, -0.15) is 0 Å². The maximum Gasteiger partial charge on any atom is 0.282 e. The molecule has 0 fully saturated rings. The van der Waals surface area contributed by atoms with E-state index < -0.39 is 0 Å². The minimum atomic E-state index is 0.108. The highest BCUT2D eigenvalue weighted by molar-refractivity contribution is 8.12. The average Bonchev–Trinajstić information content (AvgIpc) is 2.74. The molecule has 1 amide bonds. The summed E-state index contributed by atoms with van der Waals surface area (Å²) in [6.45, 7) is 9.10. The number of carbonyl (C=O) groups excluding carboxylic acids is 1. The number of carbonyl (C=O) groups is 1. The normalized spacial score (nSPS) is 11.2. The zero-order chi connectivity index (χ0) is 12.8. The van der Waals surface area contributed by atoms with Crippen LogP contribution in [-0.4, -0.2) is 27.9 Å². The van der Waals surface area contributed by atoms with Crippen molar-refractivity contribution in [2.75, 3.05) is 6.54 Å². The third-order valence-corrected chi connectivity index (χ3v) is 3.18. The van der Waals surface area contributed by atoms with E-state index in [2.05, 4.69) is 19.0 Å². The van der Waals surface area contributed by atoms with Gasteiger partial charge >= 0.3 is 0 Å². The molecule has 0 spiro atoms. The summed E-state index contributed by atoms with van der Waals surface area (Å²) < 4.78 is 4.73. The van der Waals surface area contributed by atoms with Crippen LogP contribution in [0.5, 0.6) is 0 Å². The summed E-state index contributed by atoms with van der Waals surface area (Å²) in [6.07, 6.45) is 1.52. The lowest BCUT2D eigenvalue weighted by atomic mass is 10.2. The van der Waals surface area contributed by atoms with Gasteiger partial charge in [0.1, 0.15) is 6.26 Å². The second-order valence-electron chi connectivity index (χ2n) is 4.69. The molecule has 5 heteroatoms. The summed E-state index contributed by atoms with van der Waals surface area (Å²) in [7, 11) is 0. The molecule has 1 rings (SSSR count). The number of hydrogen-bond donors (Lipinski definition) is 0. The van der Waals surface area contributed by atoms with E-state index in [9.17, 15) is 4.79 Å². The largest absolute Gasteiger partial charge is 0.364 e. The van der Waals surface area contributed by atoms with Gasteiger partial charge in [-0.1, -0.05) is 30.8 Å². The van der Waals surface area contributed by atoms with E-state index in [1.54, 1.807) is 6.07 Å². The molecule has 0 unspecified atom stereocenters. The Bertz CT molecular complexity index is 336. The van der Waals surface area contributed by atoms with Crippen molar-refractivity contribution < 1.29 is 9.32 Å². The molecule has 0 N–H and O–H groups in total. The van der Waals surface area contributed by atoms with Crippen LogP contribution in [0.3, 0.4) is 0 Å². The van der Waals surface area contributed by atoms with Crippen molar-refractivity contribution in [3.63, 3.8) is 0 Å². The van der Waals surface area contributed by atoms with Crippen molar-refractivity contribution in [1.29, 1.82) is 0 Å². The fourth-order valence-corrected chi connectivity index (χ4v) is 2.29. The van der Waals surface area contributed by atoms with Crippen LogP contribution >= 0.6 is 11.8 Å². The molecule has 4 nitrogen and oxygen atoms in total. The van der Waals surface area contributed by atoms with Gasteiger partial charge in [0.2, 0.25) is 0 Å². The van der Waals surface area contributed by atoms with Crippen molar-refractivity contribution in [2.45, 2.75) is 39.5 Å². The predicted octanol–water partition coefficient (Wildman–Crippen LogP) is 3.39. The quantitative estimate of drug-likeness (QED) is 0.810. The first-order valence-electron chi connectivity index (χ1n) is 5.83. The van der Waals surface area contributed by atoms with E-state index >= 15 is 0 Å². The molecular formula is C12H20N2O2S. The Morgan fingerprint density at radius 1 is 1.47 bits per heavy atom. The summed E-state index contributed by atoms with van der Waals surface area (Å²) in [5, 5.41) is 3.89. The third-order valence-electron chi connectivity index (χ3n) is 2.25. The van der Waals surface area contributed by atoms with Crippen LogP contribution in [0.1, 0.15) is 33.4 Å². The van der Waals surface area contributed by atoms with Crippen LogP contribution in [0.25, 0.3) is 0 Å². The lowest BCUT2D eigenvalue weighted by molar-refractivity contribution is 0.199. The highest BCUT2D eigenvalue weighted by atomic mass is 32.2. The zero-order valence-corrected chi connectivity index (χ0v) is 11.7. The Labute approximate surface area is 107 Å². The molecule has 1 heterocycles. The van der Waals surface area contributed by atoms with E-state index in [-0.39, 0.29) is 11.3 Å². The van der Waals surface area contributed by atoms with Crippen molar-refractivity contribution in [1.82, 2.24) is 10.1 Å². The van der Waals surface area contributed by atoms with Crippen molar-refractivity contribution >= 4 is 17.0 Å². The maximum atomic E-state index is 12.0. The molecule has 0 saturated carbocycles. The van der Waals surface area contributed by atoms with Gasteiger partial charge in [0.25, 0.3) is 5.24 Å². The van der Waals surface area contributed by atoms with E-state index in [4.69, 9.17) is 4.52 Å². The van der Waals surface area contributed by atoms with Crippen LogP contribution in [-0.2, 0) is 5.75 Å². The van der Waals surface area contributed by atoms with Gasteiger partial charge in [-0.25, -0.2) is 0 Å². The lowest BCUT2D eigenvalue weighted by Crippen LogP contribution is -2.37. The van der Waals surface area contributed by atoms with Crippen molar-refractivity contribution in [2.24, 2.45) is 5.92 Å². The van der Waals surface area contributed by atoms with Crippen molar-refractivity contribution in [3.8, 4) is 0 Å². The van der Waals surface area contributed by atoms with Gasteiger partial charge in [-0.3, -0.25) is 4.79 Å². The highest BCUT2D eigenvalue weighted by Gasteiger charge is 2.18. The van der Waals surface area contributed by atoms with E-state index in [1.165, 1.54) is 18.0 Å². The van der Waals surface area contributed by atoms with Crippen LogP contribution in [0.4, 0.5) is 4.79 Å². The van der Waals surface area contributed by atoms with Crippen molar-refractivity contribution in [3.05, 3.63) is 18.0 Å². The highest BCUT2D eigenvalue weighted by Crippen LogP contribution is 2.18. The van der Waals surface area contributed by atoms with E-state index in [0.717, 1.165) is 12.2 Å². The van der Waals surface area contributed by atoms with Gasteiger partial charge in [-0.15, -0.1) is 0 Å². The first kappa shape index (κ1) is 14.1. The second kappa shape index (κ2) is 6.69. The molecule has 0 aromatic carbocycles. The van der Waals surface area contributed by atoms with Gasteiger partial charge < -0.3 is 9.42 Å². The molecule has 0 radical (unpaired) electrons. The Kier molecular flexibility index (Phi) is 5.55. The summed E-state index contributed by atoms with van der Waals surface area (Å²) in [5.41, 5.74) is 0.802. The predicted molar refractivity (Wildman–Crippen MR) is 69.9 cm³/mol. The van der Waals surface area contributed by atoms with Crippen LogP contribution in [0.2, 0.25) is 0 Å². The van der Waals surface area contributed by atoms with E-state index in [1.807, 2.05) is 18.7 Å². The Hall–Kier alpha value is -0.970. The maximum absolute atomic E-state index is 12.0. The third kappa shape index (κ3) is 4.81. The molecular weight excluding hydrogens is 236 g/mol. The first-order chi connectivity index (χ1) is 8.00. The van der Waals surface area contributed by atoms with E-state index in [0.29, 0.717) is 11.7 Å². The topological polar surface area (TPSA) is 46.3 Å². The van der Waals surface area contributed by atoms with Gasteiger partial charge in [0.15, 0.2) is 0 Å². The molecule has 1 aromatic heterocycles. The molecule has 0 bridgehead atoms. The summed E-state index contributed by atoms with van der Waals surface area (Å²) in [6, 6.07) is 2.01. The van der Waals surface area contributed by atoms with Gasteiger partial charge in [0.05, 0.1) is 5.69 Å². The summed E-state index contributed by atoms with van der Waals surface area (Å²) in [5.74, 6) is 1.05. The number of nitrogens with zero attached hydrogens (tertiary/aromatic N) is 2. The number of amides is 1. The minimum absolute atomic E-state index is 0.108. The van der Waals surface area contributed by atoms with Crippen LogP contribution in [0, 0.1) is 5.92 Å². The molecule has 0 aliphatic carbocycles. The number of rotatable bonds is 5. The number of aromatic nitrogens is 1. The summed E-state index contributed by atoms with van der Waals surface area (Å²) >= 11 is 1.28. The molecule has 0 atom stereocenters. The Morgan fingerprint density at radius 2 is 2.18 bits per heavy atom. The first-order valence-corrected chi connectivity index (χ1v) is 6.82. The average molecular weight is 256 g/mol. The fraction of sp³-hybridized carbons (Fsp3) is 0.667. The zero-order valence-electron chi connectivity index (χ0n) is 10.8. The van der Waals surface area contributed by atoms with Crippen LogP contribution in [0.15, 0.2) is 16.9 Å². The molecule has 1 aromatic rings. The molecule has 96 valence electrons. The standard InChI is InChI=1S/C12H20N2O2S/c1-9(2)7-14(10(3)4)12(15)17-8-11-5-6-16-13-11/h5-6,9-10H,7-8H2,1-4H3. The Balaban J connectivity index is 2.47. The Morgan fingerprint density at radius 3 is 2.65 bits per heavy atom. The molecule has 0 saturated heterocycles. The van der Waals surface area contributed by atoms with Gasteiger partial charge in [-0.05, 0) is 19.8 Å². The lowest BCUT2D eigenvalue weighted by Gasteiger charge is -2.27. The van der Waals surface area contributed by atoms with Crippen LogP contribution < -0.4 is 0 Å². The summed E-state index contributed by atoms with van der Waals surface area (Å²) in [4.78, 5) is 13.9. The SMILES string of the molecule is CC(C)CN(C(=O)SCc1ccon1)C(C)C. The van der Waals surface area contributed by atoms with Gasteiger partial charge in [0, 0.05) is 24.4 Å². The molecule has 0 aliphatic heterocycles.